The van der Waals surface area contributed by atoms with Gasteiger partial charge in [-0.2, -0.15) is 0 Å². The molecule has 0 spiro atoms. The molecule has 40 heavy (non-hydrogen) atoms. The van der Waals surface area contributed by atoms with E-state index in [1.54, 1.807) is 41.1 Å². The Labute approximate surface area is 237 Å². The van der Waals surface area contributed by atoms with Crippen molar-refractivity contribution >= 4 is 49.7 Å². The van der Waals surface area contributed by atoms with E-state index < -0.39 is 0 Å². The maximum absolute atomic E-state index is 6.43. The lowest BCUT2D eigenvalue weighted by Gasteiger charge is -2.29. The monoisotopic (exact) mass is 559 g/mol. The molecule has 0 N–H and O–H groups in total. The van der Waals surface area contributed by atoms with E-state index in [9.17, 15) is 0 Å². The summed E-state index contributed by atoms with van der Waals surface area (Å²) in [7, 11) is 1.68. The third-order valence-electron chi connectivity index (χ3n) is 7.19. The van der Waals surface area contributed by atoms with E-state index in [0.717, 1.165) is 60.3 Å². The number of hydrogen-bond acceptors (Lipinski definition) is 8. The maximum Gasteiger partial charge on any atom is 0.228 e. The van der Waals surface area contributed by atoms with Crippen molar-refractivity contribution in [3.05, 3.63) is 114 Å². The molecule has 4 aromatic carbocycles. The average Bonchev–Trinajstić information content (AvgIpc) is 3.62. The van der Waals surface area contributed by atoms with Gasteiger partial charge in [0.25, 0.3) is 0 Å². The molecule has 1 aliphatic heterocycles. The van der Waals surface area contributed by atoms with Crippen LogP contribution in [-0.4, -0.2) is 31.7 Å². The van der Waals surface area contributed by atoms with Gasteiger partial charge in [-0.05, 0) is 46.7 Å². The predicted octanol–water partition coefficient (Wildman–Crippen LogP) is 7.47. The van der Waals surface area contributed by atoms with E-state index in [1.807, 2.05) is 36.4 Å². The first-order valence-electron chi connectivity index (χ1n) is 12.8. The molecule has 0 aliphatic carbocycles. The van der Waals surface area contributed by atoms with Gasteiger partial charge in [0, 0.05) is 11.5 Å². The second kappa shape index (κ2) is 9.32. The molecule has 9 heteroatoms. The molecular formula is C31H21N5O2S2. The molecule has 4 heterocycles. The molecule has 0 radical (unpaired) electrons. The molecule has 1 atom stereocenters. The van der Waals surface area contributed by atoms with Crippen LogP contribution in [0.25, 0.3) is 26.6 Å². The summed E-state index contributed by atoms with van der Waals surface area (Å²) in [6.45, 7) is 0. The van der Waals surface area contributed by atoms with Gasteiger partial charge in [0.2, 0.25) is 5.88 Å². The molecule has 7 nitrogen and oxygen atoms in total. The summed E-state index contributed by atoms with van der Waals surface area (Å²) >= 11 is 3.33. The van der Waals surface area contributed by atoms with E-state index >= 15 is 0 Å². The highest BCUT2D eigenvalue weighted by molar-refractivity contribution is 8.00. The molecule has 0 saturated heterocycles. The molecule has 8 rings (SSSR count). The number of thiazole rings is 1. The highest BCUT2D eigenvalue weighted by Crippen LogP contribution is 2.50. The SMILES string of the molecule is COc1ccc([C@@H]2c3c(ccc4ccccc34)Oc3ncn4nc(CSc5nc6ccccc6s5)nc4c32)cc1. The smallest absolute Gasteiger partial charge is 0.228 e. The van der Waals surface area contributed by atoms with Crippen LogP contribution in [0.2, 0.25) is 0 Å². The Kier molecular flexibility index (Phi) is 5.46. The standard InChI is InChI=1S/C31H21N5O2S2/c1-37-20-13-10-19(11-14-20)26-27-21-7-3-2-6-18(21)12-15-23(27)38-30-28(26)29-34-25(35-36(29)17-32-30)16-39-31-33-22-8-4-5-9-24(22)40-31/h2-15,17,26H,16H2,1H3/t26-/m1/s1. The van der Waals surface area contributed by atoms with Crippen LogP contribution in [0.15, 0.2) is 95.6 Å². The number of fused-ring (bicyclic) bond motifs is 7. The minimum Gasteiger partial charge on any atom is -0.497 e. The van der Waals surface area contributed by atoms with Crippen molar-refractivity contribution in [1.29, 1.82) is 0 Å². The third-order valence-corrected chi connectivity index (χ3v) is 9.37. The van der Waals surface area contributed by atoms with Crippen molar-refractivity contribution in [3.63, 3.8) is 0 Å². The van der Waals surface area contributed by atoms with Gasteiger partial charge in [-0.1, -0.05) is 66.4 Å². The number of aromatic nitrogens is 5. The van der Waals surface area contributed by atoms with Crippen molar-refractivity contribution in [2.75, 3.05) is 7.11 Å². The van der Waals surface area contributed by atoms with E-state index in [1.165, 1.54) is 4.70 Å². The fourth-order valence-corrected chi connectivity index (χ4v) is 7.30. The lowest BCUT2D eigenvalue weighted by molar-refractivity contribution is 0.414. The second-order valence-corrected chi connectivity index (χ2v) is 11.8. The van der Waals surface area contributed by atoms with E-state index in [4.69, 9.17) is 29.5 Å². The summed E-state index contributed by atoms with van der Waals surface area (Å²) in [4.78, 5) is 14.5. The topological polar surface area (TPSA) is 74.4 Å². The molecule has 0 bridgehead atoms. The van der Waals surface area contributed by atoms with Crippen LogP contribution in [0.4, 0.5) is 0 Å². The molecule has 0 unspecified atom stereocenters. The lowest BCUT2D eigenvalue weighted by atomic mass is 9.81. The minimum atomic E-state index is -0.152. The largest absolute Gasteiger partial charge is 0.497 e. The molecule has 3 aromatic heterocycles. The van der Waals surface area contributed by atoms with E-state index in [2.05, 4.69) is 48.5 Å². The van der Waals surface area contributed by atoms with Gasteiger partial charge < -0.3 is 9.47 Å². The molecule has 1 aliphatic rings. The summed E-state index contributed by atoms with van der Waals surface area (Å²) in [5, 5.41) is 7.08. The average molecular weight is 560 g/mol. The van der Waals surface area contributed by atoms with Crippen molar-refractivity contribution in [3.8, 4) is 17.4 Å². The first-order valence-corrected chi connectivity index (χ1v) is 14.6. The lowest BCUT2D eigenvalue weighted by Crippen LogP contribution is -2.15. The first-order chi connectivity index (χ1) is 19.7. The van der Waals surface area contributed by atoms with Crippen molar-refractivity contribution < 1.29 is 9.47 Å². The molecule has 194 valence electrons. The van der Waals surface area contributed by atoms with Gasteiger partial charge in [-0.3, -0.25) is 0 Å². The van der Waals surface area contributed by atoms with Crippen molar-refractivity contribution in [2.45, 2.75) is 16.0 Å². The summed E-state index contributed by atoms with van der Waals surface area (Å²) in [5.41, 5.74) is 4.86. The van der Waals surface area contributed by atoms with Gasteiger partial charge >= 0.3 is 0 Å². The molecule has 0 saturated carbocycles. The summed E-state index contributed by atoms with van der Waals surface area (Å²) in [6.07, 6.45) is 1.68. The maximum atomic E-state index is 6.43. The van der Waals surface area contributed by atoms with Gasteiger partial charge in [0.05, 0.1) is 28.6 Å². The zero-order chi connectivity index (χ0) is 26.6. The van der Waals surface area contributed by atoms with Crippen LogP contribution in [0, 0.1) is 0 Å². The van der Waals surface area contributed by atoms with Crippen LogP contribution >= 0.6 is 23.1 Å². The van der Waals surface area contributed by atoms with Gasteiger partial charge in [-0.15, -0.1) is 16.4 Å². The normalized spacial score (nSPS) is 14.3. The molecular weight excluding hydrogens is 539 g/mol. The Morgan fingerprint density at radius 2 is 1.77 bits per heavy atom. The summed E-state index contributed by atoms with van der Waals surface area (Å²) in [6, 6.07) is 28.9. The Morgan fingerprint density at radius 1 is 0.925 bits per heavy atom. The first kappa shape index (κ1) is 23.4. The van der Waals surface area contributed by atoms with Crippen LogP contribution < -0.4 is 9.47 Å². The second-order valence-electron chi connectivity index (χ2n) is 9.50. The number of ether oxygens (including phenoxy) is 2. The highest BCUT2D eigenvalue weighted by Gasteiger charge is 2.34. The number of thioether (sulfide) groups is 1. The van der Waals surface area contributed by atoms with Crippen molar-refractivity contribution in [2.24, 2.45) is 0 Å². The van der Waals surface area contributed by atoms with Gasteiger partial charge in [0.1, 0.15) is 17.8 Å². The molecule has 0 fully saturated rings. The third kappa shape index (κ3) is 3.81. The van der Waals surface area contributed by atoms with E-state index in [0.29, 0.717) is 11.6 Å². The Balaban J connectivity index is 1.26. The highest BCUT2D eigenvalue weighted by atomic mass is 32.2. The number of methoxy groups -OCH3 is 1. The summed E-state index contributed by atoms with van der Waals surface area (Å²) < 4.78 is 15.8. The number of rotatable bonds is 5. The Morgan fingerprint density at radius 3 is 2.65 bits per heavy atom. The van der Waals surface area contributed by atoms with Crippen molar-refractivity contribution in [1.82, 2.24) is 24.6 Å². The fourth-order valence-electron chi connectivity index (χ4n) is 5.38. The quantitative estimate of drug-likeness (QED) is 0.202. The van der Waals surface area contributed by atoms with E-state index in [-0.39, 0.29) is 5.92 Å². The fraction of sp³-hybridized carbons (Fsp3) is 0.0968. The zero-order valence-corrected chi connectivity index (χ0v) is 22.9. The Bertz CT molecular complexity index is 2020. The zero-order valence-electron chi connectivity index (χ0n) is 21.3. The number of benzene rings is 4. The van der Waals surface area contributed by atoms with Gasteiger partial charge in [0.15, 0.2) is 15.8 Å². The van der Waals surface area contributed by atoms with Crippen LogP contribution in [0.3, 0.4) is 0 Å². The van der Waals surface area contributed by atoms with Crippen LogP contribution in [0.5, 0.6) is 17.4 Å². The Hall–Kier alpha value is -4.47. The molecule has 7 aromatic rings. The summed E-state index contributed by atoms with van der Waals surface area (Å²) in [5.74, 6) is 3.33. The molecule has 0 amide bonds. The minimum absolute atomic E-state index is 0.152. The van der Waals surface area contributed by atoms with Crippen LogP contribution in [-0.2, 0) is 5.75 Å². The number of para-hydroxylation sites is 1. The number of hydrogen-bond donors (Lipinski definition) is 0. The van der Waals surface area contributed by atoms with Crippen LogP contribution in [0.1, 0.15) is 28.4 Å². The predicted molar refractivity (Wildman–Crippen MR) is 158 cm³/mol. The number of nitrogens with zero attached hydrogens (tertiary/aromatic N) is 5. The van der Waals surface area contributed by atoms with Gasteiger partial charge in [-0.25, -0.2) is 19.5 Å².